The first-order valence-electron chi connectivity index (χ1n) is 8.06. The van der Waals surface area contributed by atoms with E-state index in [9.17, 15) is 4.79 Å². The molecule has 1 aromatic carbocycles. The normalized spacial score (nSPS) is 18.1. The predicted octanol–water partition coefficient (Wildman–Crippen LogP) is 1.94. The summed E-state index contributed by atoms with van der Waals surface area (Å²) in [6.07, 6.45) is 3.98. The highest BCUT2D eigenvalue weighted by atomic mass is 35.5. The molecule has 23 heavy (non-hydrogen) atoms. The molecule has 1 heterocycles. The third-order valence-electron chi connectivity index (χ3n) is 4.18. The molecule has 1 fully saturated rings. The van der Waals surface area contributed by atoms with Crippen LogP contribution in [-0.4, -0.2) is 43.6 Å². The number of nitrogens with one attached hydrogen (secondary N) is 1. The molecule has 1 aliphatic heterocycles. The summed E-state index contributed by atoms with van der Waals surface area (Å²) in [6.45, 7) is 3.09. The number of likely N-dealkylation sites (tertiary alicyclic amines) is 1. The molecule has 2 rings (SSSR count). The molecule has 1 aliphatic rings. The number of hydrogen-bond donors (Lipinski definition) is 2. The van der Waals surface area contributed by atoms with Gasteiger partial charge >= 0.3 is 0 Å². The monoisotopic (exact) mass is 341 g/mol. The van der Waals surface area contributed by atoms with Crippen molar-refractivity contribution in [3.63, 3.8) is 0 Å². The summed E-state index contributed by atoms with van der Waals surface area (Å²) >= 11 is 0. The van der Waals surface area contributed by atoms with Gasteiger partial charge in [0, 0.05) is 32.1 Å². The third kappa shape index (κ3) is 6.37. The summed E-state index contributed by atoms with van der Waals surface area (Å²) in [6, 6.07) is 8.60. The lowest BCUT2D eigenvalue weighted by atomic mass is 10.0. The number of rotatable bonds is 7. The first kappa shape index (κ1) is 19.7. The van der Waals surface area contributed by atoms with Crippen molar-refractivity contribution in [3.8, 4) is 5.75 Å². The number of nitrogens with zero attached hydrogens (tertiary/aromatic N) is 1. The van der Waals surface area contributed by atoms with Crippen LogP contribution in [0.2, 0.25) is 0 Å². The summed E-state index contributed by atoms with van der Waals surface area (Å²) in [5.41, 5.74) is 6.66. The summed E-state index contributed by atoms with van der Waals surface area (Å²) < 4.78 is 5.29. The maximum atomic E-state index is 11.6. The zero-order valence-electron chi connectivity index (χ0n) is 13.8. The van der Waals surface area contributed by atoms with E-state index in [4.69, 9.17) is 10.5 Å². The largest absolute Gasteiger partial charge is 0.497 e. The van der Waals surface area contributed by atoms with Crippen molar-refractivity contribution in [1.82, 2.24) is 10.2 Å². The minimum absolute atomic E-state index is 0. The molecule has 1 aromatic rings. The first-order chi connectivity index (χ1) is 10.7. The standard InChI is InChI=1S/C17H27N3O2.ClH/c1-22-16-7-4-5-14(11-16)13-20-10-3-2-6-15(20)12-19-17(21)8-9-18;/h4-5,7,11,15H,2-3,6,8-10,12-13,18H2,1H3,(H,19,21);1H. The molecule has 0 saturated carbocycles. The van der Waals surface area contributed by atoms with Gasteiger partial charge in [-0.2, -0.15) is 0 Å². The second-order valence-corrected chi connectivity index (χ2v) is 5.81. The SMILES string of the molecule is COc1cccc(CN2CCCCC2CNC(=O)CCN)c1.Cl. The zero-order chi connectivity index (χ0) is 15.8. The van der Waals surface area contributed by atoms with Gasteiger partial charge in [0.05, 0.1) is 7.11 Å². The zero-order valence-corrected chi connectivity index (χ0v) is 14.6. The van der Waals surface area contributed by atoms with E-state index in [1.54, 1.807) is 7.11 Å². The topological polar surface area (TPSA) is 67.6 Å². The summed E-state index contributed by atoms with van der Waals surface area (Å²) in [5, 5.41) is 3.01. The molecule has 0 spiro atoms. The van der Waals surface area contributed by atoms with Gasteiger partial charge in [-0.1, -0.05) is 18.6 Å². The lowest BCUT2D eigenvalue weighted by molar-refractivity contribution is -0.121. The van der Waals surface area contributed by atoms with Crippen LogP contribution in [0.5, 0.6) is 5.75 Å². The molecule has 6 heteroatoms. The number of carbonyl (C=O) groups is 1. The predicted molar refractivity (Wildman–Crippen MR) is 95.0 cm³/mol. The molecule has 0 aromatic heterocycles. The van der Waals surface area contributed by atoms with E-state index < -0.39 is 0 Å². The highest BCUT2D eigenvalue weighted by Crippen LogP contribution is 2.21. The Morgan fingerprint density at radius 3 is 3.00 bits per heavy atom. The van der Waals surface area contributed by atoms with Gasteiger partial charge in [0.1, 0.15) is 5.75 Å². The highest BCUT2D eigenvalue weighted by Gasteiger charge is 2.22. The number of amides is 1. The quantitative estimate of drug-likeness (QED) is 0.795. The van der Waals surface area contributed by atoms with E-state index in [0.717, 1.165) is 25.3 Å². The Bertz CT molecular complexity index is 485. The summed E-state index contributed by atoms with van der Waals surface area (Å²) in [7, 11) is 1.69. The van der Waals surface area contributed by atoms with Crippen molar-refractivity contribution in [2.45, 2.75) is 38.3 Å². The van der Waals surface area contributed by atoms with E-state index in [2.05, 4.69) is 22.3 Å². The van der Waals surface area contributed by atoms with Crippen molar-refractivity contribution in [3.05, 3.63) is 29.8 Å². The van der Waals surface area contributed by atoms with Gasteiger partial charge in [-0.15, -0.1) is 12.4 Å². The van der Waals surface area contributed by atoms with Gasteiger partial charge in [0.2, 0.25) is 5.91 Å². The van der Waals surface area contributed by atoms with Crippen molar-refractivity contribution in [2.24, 2.45) is 5.73 Å². The molecule has 5 nitrogen and oxygen atoms in total. The van der Waals surface area contributed by atoms with Gasteiger partial charge in [-0.05, 0) is 37.1 Å². The molecule has 0 radical (unpaired) electrons. The maximum Gasteiger partial charge on any atom is 0.221 e. The number of halogens is 1. The number of piperidine rings is 1. The lowest BCUT2D eigenvalue weighted by Gasteiger charge is -2.36. The maximum absolute atomic E-state index is 11.6. The van der Waals surface area contributed by atoms with Crippen molar-refractivity contribution < 1.29 is 9.53 Å². The Labute approximate surface area is 145 Å². The molecule has 130 valence electrons. The molecule has 1 saturated heterocycles. The molecule has 1 amide bonds. The van der Waals surface area contributed by atoms with E-state index in [1.165, 1.54) is 18.4 Å². The van der Waals surface area contributed by atoms with Gasteiger partial charge in [0.15, 0.2) is 0 Å². The summed E-state index contributed by atoms with van der Waals surface area (Å²) in [5.74, 6) is 0.941. The van der Waals surface area contributed by atoms with Crippen LogP contribution < -0.4 is 15.8 Å². The molecule has 1 atom stereocenters. The number of hydrogen-bond acceptors (Lipinski definition) is 4. The van der Waals surface area contributed by atoms with Crippen LogP contribution in [0.3, 0.4) is 0 Å². The Morgan fingerprint density at radius 1 is 1.43 bits per heavy atom. The van der Waals surface area contributed by atoms with Crippen molar-refractivity contribution in [1.29, 1.82) is 0 Å². The number of nitrogens with two attached hydrogens (primary N) is 1. The van der Waals surface area contributed by atoms with E-state index >= 15 is 0 Å². The second kappa shape index (κ2) is 10.5. The Kier molecular flexibility index (Phi) is 8.99. The molecular weight excluding hydrogens is 314 g/mol. The number of carbonyl (C=O) groups excluding carboxylic acids is 1. The molecule has 3 N–H and O–H groups in total. The average molecular weight is 342 g/mol. The number of ether oxygens (including phenoxy) is 1. The molecule has 0 bridgehead atoms. The van der Waals surface area contributed by atoms with Crippen LogP contribution in [0.1, 0.15) is 31.2 Å². The smallest absolute Gasteiger partial charge is 0.221 e. The highest BCUT2D eigenvalue weighted by molar-refractivity contribution is 5.85. The third-order valence-corrected chi connectivity index (χ3v) is 4.18. The van der Waals surface area contributed by atoms with Gasteiger partial charge in [0.25, 0.3) is 0 Å². The van der Waals surface area contributed by atoms with Crippen LogP contribution in [0.4, 0.5) is 0 Å². The van der Waals surface area contributed by atoms with Gasteiger partial charge in [-0.25, -0.2) is 0 Å². The van der Waals surface area contributed by atoms with Crippen LogP contribution in [0.25, 0.3) is 0 Å². The van der Waals surface area contributed by atoms with E-state index in [0.29, 0.717) is 25.6 Å². The van der Waals surface area contributed by atoms with Gasteiger partial charge in [-0.3, -0.25) is 9.69 Å². The average Bonchev–Trinajstić information content (AvgIpc) is 2.54. The van der Waals surface area contributed by atoms with Crippen LogP contribution in [0.15, 0.2) is 24.3 Å². The minimum Gasteiger partial charge on any atom is -0.497 e. The fraction of sp³-hybridized carbons (Fsp3) is 0.588. The Morgan fingerprint density at radius 2 is 2.26 bits per heavy atom. The van der Waals surface area contributed by atoms with Gasteiger partial charge < -0.3 is 15.8 Å². The Balaban J connectivity index is 0.00000264. The minimum atomic E-state index is 0. The number of benzene rings is 1. The fourth-order valence-corrected chi connectivity index (χ4v) is 2.96. The Hall–Kier alpha value is -1.30. The van der Waals surface area contributed by atoms with Crippen LogP contribution in [-0.2, 0) is 11.3 Å². The fourth-order valence-electron chi connectivity index (χ4n) is 2.96. The molecule has 0 aliphatic carbocycles. The van der Waals surface area contributed by atoms with Crippen molar-refractivity contribution >= 4 is 18.3 Å². The molecular formula is C17H28ClN3O2. The van der Waals surface area contributed by atoms with E-state index in [-0.39, 0.29) is 18.3 Å². The number of methoxy groups -OCH3 is 1. The second-order valence-electron chi connectivity index (χ2n) is 5.81. The van der Waals surface area contributed by atoms with Crippen molar-refractivity contribution in [2.75, 3.05) is 26.7 Å². The summed E-state index contributed by atoms with van der Waals surface area (Å²) in [4.78, 5) is 14.1. The van der Waals surface area contributed by atoms with Crippen LogP contribution >= 0.6 is 12.4 Å². The van der Waals surface area contributed by atoms with E-state index in [1.807, 2.05) is 12.1 Å². The first-order valence-corrected chi connectivity index (χ1v) is 8.06. The molecule has 1 unspecified atom stereocenters. The lowest BCUT2D eigenvalue weighted by Crippen LogP contribution is -2.46. The van der Waals surface area contributed by atoms with Crippen LogP contribution in [0, 0.1) is 0 Å².